The monoisotopic (exact) mass is 404 g/mol. The normalized spacial score (nSPS) is 23.2. The summed E-state index contributed by atoms with van der Waals surface area (Å²) in [7, 11) is 0. The molecule has 2 fully saturated rings. The van der Waals surface area contributed by atoms with Crippen molar-refractivity contribution in [2.45, 2.75) is 31.0 Å². The second-order valence-electron chi connectivity index (χ2n) is 7.75. The van der Waals surface area contributed by atoms with Gasteiger partial charge in [-0.15, -0.1) is 0 Å². The first-order valence-corrected chi connectivity index (χ1v) is 9.90. The van der Waals surface area contributed by atoms with E-state index in [2.05, 4.69) is 22.8 Å². The minimum atomic E-state index is -0.814. The number of rotatable bonds is 5. The van der Waals surface area contributed by atoms with Crippen molar-refractivity contribution in [2.75, 3.05) is 13.2 Å². The van der Waals surface area contributed by atoms with Gasteiger partial charge in [0, 0.05) is 18.4 Å². The van der Waals surface area contributed by atoms with E-state index in [1.54, 1.807) is 36.4 Å². The van der Waals surface area contributed by atoms with Gasteiger partial charge in [-0.2, -0.15) is 10.5 Å². The Hall–Kier alpha value is -3.26. The van der Waals surface area contributed by atoms with Crippen molar-refractivity contribution in [3.8, 4) is 23.3 Å². The summed E-state index contributed by atoms with van der Waals surface area (Å²) >= 11 is 0. The molecule has 1 amide bonds. The van der Waals surface area contributed by atoms with Crippen molar-refractivity contribution in [3.63, 3.8) is 0 Å². The Kier molecular flexibility index (Phi) is 5.76. The number of benzene rings is 2. The third kappa shape index (κ3) is 4.18. The number of carbonyl (C=O) groups excluding carboxylic acids is 1. The lowest BCUT2D eigenvalue weighted by atomic mass is 9.99. The summed E-state index contributed by atoms with van der Waals surface area (Å²) in [6.45, 7) is 1.26. The molecule has 30 heavy (non-hydrogen) atoms. The summed E-state index contributed by atoms with van der Waals surface area (Å²) in [5.74, 6) is -0.337. The van der Waals surface area contributed by atoms with Gasteiger partial charge in [0.15, 0.2) is 0 Å². The predicted molar refractivity (Wildman–Crippen MR) is 107 cm³/mol. The molecule has 152 valence electrons. The third-order valence-corrected chi connectivity index (χ3v) is 5.77. The van der Waals surface area contributed by atoms with Crippen molar-refractivity contribution in [2.24, 2.45) is 5.92 Å². The molecule has 2 heterocycles. The van der Waals surface area contributed by atoms with Crippen molar-refractivity contribution in [1.29, 1.82) is 10.5 Å². The summed E-state index contributed by atoms with van der Waals surface area (Å²) in [4.78, 5) is 12.5. The summed E-state index contributed by atoms with van der Waals surface area (Å²) < 4.78 is 20.1. The molecule has 2 aromatic carbocycles. The van der Waals surface area contributed by atoms with Crippen LogP contribution in [0.15, 0.2) is 42.5 Å². The van der Waals surface area contributed by atoms with Crippen molar-refractivity contribution >= 4 is 5.91 Å². The van der Waals surface area contributed by atoms with E-state index >= 15 is 0 Å². The molecule has 4 atom stereocenters. The number of fused-ring (bicyclic) bond motifs is 1. The molecule has 2 aliphatic heterocycles. The Morgan fingerprint density at radius 2 is 1.97 bits per heavy atom. The smallest absolute Gasteiger partial charge is 0.238 e. The molecule has 4 rings (SSSR count). The van der Waals surface area contributed by atoms with E-state index in [-0.39, 0.29) is 24.4 Å². The van der Waals surface area contributed by atoms with Crippen LogP contribution in [0.2, 0.25) is 0 Å². The van der Waals surface area contributed by atoms with Crippen LogP contribution in [0.3, 0.4) is 0 Å². The first-order chi connectivity index (χ1) is 14.6. The third-order valence-electron chi connectivity index (χ3n) is 5.77. The molecule has 0 spiro atoms. The summed E-state index contributed by atoms with van der Waals surface area (Å²) in [5, 5.41) is 24.3. The fourth-order valence-electron chi connectivity index (χ4n) is 4.08. The van der Waals surface area contributed by atoms with Crippen LogP contribution in [-0.2, 0) is 16.0 Å². The number of nitrogens with zero attached hydrogens (tertiary/aromatic N) is 2. The number of carbonyl (C=O) groups is 1. The zero-order valence-electron chi connectivity index (χ0n) is 16.3. The molecule has 0 saturated carbocycles. The summed E-state index contributed by atoms with van der Waals surface area (Å²) in [6, 6.07) is 14.8. The molecule has 2 N–H and O–H groups in total. The van der Waals surface area contributed by atoms with E-state index in [1.165, 1.54) is 6.07 Å². The van der Waals surface area contributed by atoms with Crippen LogP contribution in [0.4, 0.5) is 4.39 Å². The lowest BCUT2D eigenvalue weighted by Crippen LogP contribution is -2.47. The quantitative estimate of drug-likeness (QED) is 0.797. The second kappa shape index (κ2) is 8.62. The highest BCUT2D eigenvalue weighted by molar-refractivity contribution is 5.82. The van der Waals surface area contributed by atoms with Crippen LogP contribution >= 0.6 is 0 Å². The van der Waals surface area contributed by atoms with Gasteiger partial charge in [-0.1, -0.05) is 24.3 Å². The number of hydrogen-bond donors (Lipinski definition) is 2. The Labute approximate surface area is 174 Å². The summed E-state index contributed by atoms with van der Waals surface area (Å²) in [6.07, 6.45) is 0.771. The van der Waals surface area contributed by atoms with Crippen molar-refractivity contribution in [1.82, 2.24) is 10.6 Å². The van der Waals surface area contributed by atoms with E-state index in [4.69, 9.17) is 10.00 Å². The van der Waals surface area contributed by atoms with Crippen LogP contribution in [0.25, 0.3) is 11.1 Å². The summed E-state index contributed by atoms with van der Waals surface area (Å²) in [5.41, 5.74) is 2.38. The van der Waals surface area contributed by atoms with E-state index in [1.807, 2.05) is 0 Å². The molecule has 2 aromatic rings. The van der Waals surface area contributed by atoms with Gasteiger partial charge >= 0.3 is 0 Å². The molecule has 0 unspecified atom stereocenters. The SMILES string of the molecule is N#Cc1ccc(-c2ccc(C[C@@H](C#N)NC(=O)[C@@H]3C[C@@H]4COC[C@@H]4N3)c(F)c2)cc1. The average Bonchev–Trinajstić information content (AvgIpc) is 3.37. The van der Waals surface area contributed by atoms with Crippen molar-refractivity contribution < 1.29 is 13.9 Å². The zero-order chi connectivity index (χ0) is 21.1. The number of nitriles is 2. The molecular weight excluding hydrogens is 383 g/mol. The van der Waals surface area contributed by atoms with Gasteiger partial charge in [0.25, 0.3) is 0 Å². The number of ether oxygens (including phenoxy) is 1. The highest BCUT2D eigenvalue weighted by Gasteiger charge is 2.41. The van der Waals surface area contributed by atoms with Crippen LogP contribution in [0.5, 0.6) is 0 Å². The van der Waals surface area contributed by atoms with E-state index in [0.717, 1.165) is 5.56 Å². The maximum Gasteiger partial charge on any atom is 0.238 e. The van der Waals surface area contributed by atoms with Gasteiger partial charge < -0.3 is 15.4 Å². The minimum absolute atomic E-state index is 0.0877. The predicted octanol–water partition coefficient (Wildman–Crippen LogP) is 2.29. The van der Waals surface area contributed by atoms with Gasteiger partial charge in [-0.3, -0.25) is 4.79 Å². The molecule has 0 bridgehead atoms. The molecule has 6 nitrogen and oxygen atoms in total. The van der Waals surface area contributed by atoms with E-state index in [0.29, 0.717) is 42.2 Å². The Bertz CT molecular complexity index is 1010. The topological polar surface area (TPSA) is 97.9 Å². The molecule has 0 aromatic heterocycles. The van der Waals surface area contributed by atoms with Gasteiger partial charge in [-0.25, -0.2) is 4.39 Å². The minimum Gasteiger partial charge on any atom is -0.379 e. The first-order valence-electron chi connectivity index (χ1n) is 9.90. The highest BCUT2D eigenvalue weighted by Crippen LogP contribution is 2.26. The Balaban J connectivity index is 1.40. The zero-order valence-corrected chi connectivity index (χ0v) is 16.3. The van der Waals surface area contributed by atoms with Gasteiger partial charge in [0.2, 0.25) is 5.91 Å². The van der Waals surface area contributed by atoms with Gasteiger partial charge in [0.1, 0.15) is 11.9 Å². The number of halogens is 1. The molecule has 0 aliphatic carbocycles. The maximum atomic E-state index is 14.7. The van der Waals surface area contributed by atoms with E-state index in [9.17, 15) is 14.4 Å². The first kappa shape index (κ1) is 20.0. The molecule has 2 saturated heterocycles. The second-order valence-corrected chi connectivity index (χ2v) is 7.75. The van der Waals surface area contributed by atoms with Crippen LogP contribution in [0.1, 0.15) is 17.5 Å². The standard InChI is InChI=1S/C23H21FN4O2/c24-20-8-16(15-3-1-14(10-25)2-4-15)5-6-17(20)7-19(11-26)27-23(29)21-9-18-12-30-13-22(18)28-21/h1-6,8,18-19,21-22,28H,7,9,12-13H2,(H,27,29)/t18-,19+,21+,22+/m1/s1. The number of nitrogens with one attached hydrogen (secondary N) is 2. The largest absolute Gasteiger partial charge is 0.379 e. The molecule has 0 radical (unpaired) electrons. The van der Waals surface area contributed by atoms with Gasteiger partial charge in [-0.05, 0) is 41.3 Å². The fraction of sp³-hybridized carbons (Fsp3) is 0.348. The highest BCUT2D eigenvalue weighted by atomic mass is 19.1. The number of amides is 1. The fourth-order valence-corrected chi connectivity index (χ4v) is 4.08. The molecular formula is C23H21FN4O2. The van der Waals surface area contributed by atoms with Crippen LogP contribution in [-0.4, -0.2) is 37.2 Å². The lowest BCUT2D eigenvalue weighted by Gasteiger charge is -2.17. The van der Waals surface area contributed by atoms with Crippen molar-refractivity contribution in [3.05, 3.63) is 59.4 Å². The number of hydrogen-bond acceptors (Lipinski definition) is 5. The molecule has 7 heteroatoms. The lowest BCUT2D eigenvalue weighted by molar-refractivity contribution is -0.123. The van der Waals surface area contributed by atoms with E-state index < -0.39 is 11.9 Å². The van der Waals surface area contributed by atoms with Crippen LogP contribution < -0.4 is 10.6 Å². The van der Waals surface area contributed by atoms with Crippen LogP contribution in [0, 0.1) is 34.4 Å². The average molecular weight is 404 g/mol. The molecule has 2 aliphatic rings. The Morgan fingerprint density at radius 3 is 2.63 bits per heavy atom. The Morgan fingerprint density at radius 1 is 1.20 bits per heavy atom. The maximum absolute atomic E-state index is 14.7. The van der Waals surface area contributed by atoms with Gasteiger partial charge in [0.05, 0.1) is 37.0 Å².